The lowest BCUT2D eigenvalue weighted by molar-refractivity contribution is 0.572. The lowest BCUT2D eigenvalue weighted by Crippen LogP contribution is -2.20. The molecular formula is C12H14F2N4S. The van der Waals surface area contributed by atoms with Crippen molar-refractivity contribution in [1.82, 2.24) is 9.97 Å². The molecule has 4 nitrogen and oxygen atoms in total. The Balaban J connectivity index is 2.25. The van der Waals surface area contributed by atoms with E-state index in [1.54, 1.807) is 17.5 Å². The number of nitrogens with one attached hydrogen (secondary N) is 1. The molecule has 0 spiro atoms. The Bertz CT molecular complexity index is 545. The molecule has 102 valence electrons. The van der Waals surface area contributed by atoms with Crippen LogP contribution in [0.5, 0.6) is 0 Å². The molecule has 0 saturated carbocycles. The molecule has 0 saturated heterocycles. The number of thiazole rings is 1. The van der Waals surface area contributed by atoms with Crippen molar-refractivity contribution in [3.63, 3.8) is 0 Å². The van der Waals surface area contributed by atoms with Crippen molar-refractivity contribution < 1.29 is 8.78 Å². The summed E-state index contributed by atoms with van der Waals surface area (Å²) in [5.74, 6) is -1.21. The van der Waals surface area contributed by atoms with Gasteiger partial charge in [-0.2, -0.15) is 0 Å². The van der Waals surface area contributed by atoms with E-state index >= 15 is 0 Å². The van der Waals surface area contributed by atoms with Crippen LogP contribution in [0.3, 0.4) is 0 Å². The summed E-state index contributed by atoms with van der Waals surface area (Å²) in [6, 6.07) is 0.845. The molecule has 0 bridgehead atoms. The minimum Gasteiger partial charge on any atom is -0.368 e. The third-order valence-electron chi connectivity index (χ3n) is 2.50. The highest BCUT2D eigenvalue weighted by molar-refractivity contribution is 7.07. The molecule has 0 aromatic carbocycles. The van der Waals surface area contributed by atoms with Crippen molar-refractivity contribution in [2.75, 3.05) is 23.8 Å². The summed E-state index contributed by atoms with van der Waals surface area (Å²) < 4.78 is 27.2. The second-order valence-electron chi connectivity index (χ2n) is 3.99. The SMILES string of the molecule is CCNc1nc(N(C)Cc2cscn2)c(F)cc1F. The molecule has 0 aliphatic rings. The van der Waals surface area contributed by atoms with E-state index in [1.165, 1.54) is 11.3 Å². The number of halogens is 2. The van der Waals surface area contributed by atoms with E-state index in [4.69, 9.17) is 0 Å². The highest BCUT2D eigenvalue weighted by atomic mass is 32.1. The Morgan fingerprint density at radius 3 is 2.79 bits per heavy atom. The zero-order chi connectivity index (χ0) is 13.8. The van der Waals surface area contributed by atoms with Gasteiger partial charge in [0.1, 0.15) is 0 Å². The number of anilines is 2. The van der Waals surface area contributed by atoms with Crippen LogP contribution in [0.4, 0.5) is 20.4 Å². The van der Waals surface area contributed by atoms with Crippen LogP contribution >= 0.6 is 11.3 Å². The third-order valence-corrected chi connectivity index (χ3v) is 3.13. The van der Waals surface area contributed by atoms with Crippen LogP contribution in [-0.4, -0.2) is 23.6 Å². The van der Waals surface area contributed by atoms with Gasteiger partial charge in [0.2, 0.25) is 0 Å². The van der Waals surface area contributed by atoms with E-state index in [1.807, 2.05) is 12.3 Å². The molecule has 7 heteroatoms. The van der Waals surface area contributed by atoms with Gasteiger partial charge in [0.25, 0.3) is 0 Å². The molecule has 0 radical (unpaired) electrons. The van der Waals surface area contributed by atoms with Crippen molar-refractivity contribution in [2.45, 2.75) is 13.5 Å². The van der Waals surface area contributed by atoms with E-state index < -0.39 is 11.6 Å². The van der Waals surface area contributed by atoms with E-state index in [0.29, 0.717) is 13.1 Å². The van der Waals surface area contributed by atoms with Crippen LogP contribution in [-0.2, 0) is 6.54 Å². The van der Waals surface area contributed by atoms with Gasteiger partial charge in [-0.25, -0.2) is 18.7 Å². The Morgan fingerprint density at radius 2 is 2.16 bits per heavy atom. The zero-order valence-electron chi connectivity index (χ0n) is 10.7. The predicted molar refractivity (Wildman–Crippen MR) is 72.5 cm³/mol. The van der Waals surface area contributed by atoms with Crippen LogP contribution in [0.2, 0.25) is 0 Å². The van der Waals surface area contributed by atoms with Crippen molar-refractivity contribution in [3.8, 4) is 0 Å². The normalized spacial score (nSPS) is 10.5. The maximum atomic E-state index is 13.8. The van der Waals surface area contributed by atoms with Gasteiger partial charge in [-0.3, -0.25) is 0 Å². The number of hydrogen-bond acceptors (Lipinski definition) is 5. The number of nitrogens with zero attached hydrogens (tertiary/aromatic N) is 3. The number of aromatic nitrogens is 2. The van der Waals surface area contributed by atoms with Gasteiger partial charge in [-0.1, -0.05) is 0 Å². The Morgan fingerprint density at radius 1 is 1.37 bits per heavy atom. The Labute approximate surface area is 114 Å². The molecule has 0 unspecified atom stereocenters. The second-order valence-corrected chi connectivity index (χ2v) is 4.71. The fourth-order valence-corrected chi connectivity index (χ4v) is 2.20. The standard InChI is InChI=1S/C12H14F2N4S/c1-3-15-11-9(13)4-10(14)12(17-11)18(2)5-8-6-19-7-16-8/h4,6-7H,3,5H2,1-2H3,(H,15,17). The fraction of sp³-hybridized carbons (Fsp3) is 0.333. The summed E-state index contributed by atoms with van der Waals surface area (Å²) in [4.78, 5) is 9.71. The van der Waals surface area contributed by atoms with E-state index in [2.05, 4.69) is 15.3 Å². The van der Waals surface area contributed by atoms with Crippen molar-refractivity contribution in [2.24, 2.45) is 0 Å². The van der Waals surface area contributed by atoms with E-state index in [-0.39, 0.29) is 11.6 Å². The number of rotatable bonds is 5. The molecule has 2 rings (SSSR count). The van der Waals surface area contributed by atoms with Gasteiger partial charge in [0.15, 0.2) is 23.3 Å². The van der Waals surface area contributed by atoms with Gasteiger partial charge in [-0.15, -0.1) is 11.3 Å². The monoisotopic (exact) mass is 284 g/mol. The van der Waals surface area contributed by atoms with Crippen molar-refractivity contribution >= 4 is 23.0 Å². The molecule has 0 aliphatic heterocycles. The summed E-state index contributed by atoms with van der Waals surface area (Å²) in [6.07, 6.45) is 0. The molecule has 0 fully saturated rings. The minimum atomic E-state index is -0.690. The Hall–Kier alpha value is -1.76. The smallest absolute Gasteiger partial charge is 0.168 e. The molecule has 0 aliphatic carbocycles. The van der Waals surface area contributed by atoms with Crippen molar-refractivity contribution in [1.29, 1.82) is 0 Å². The van der Waals surface area contributed by atoms with Gasteiger partial charge in [-0.05, 0) is 6.92 Å². The lowest BCUT2D eigenvalue weighted by Gasteiger charge is -2.18. The molecule has 2 aromatic heterocycles. The van der Waals surface area contributed by atoms with Crippen molar-refractivity contribution in [3.05, 3.63) is 34.3 Å². The Kier molecular flexibility index (Phi) is 4.26. The molecule has 0 amide bonds. The molecule has 2 aromatic rings. The van der Waals surface area contributed by atoms with Crippen LogP contribution in [0, 0.1) is 11.6 Å². The summed E-state index contributed by atoms with van der Waals surface area (Å²) in [5, 5.41) is 4.64. The van der Waals surface area contributed by atoms with Crippen LogP contribution in [0.15, 0.2) is 17.0 Å². The van der Waals surface area contributed by atoms with Gasteiger partial charge < -0.3 is 10.2 Å². The van der Waals surface area contributed by atoms with Gasteiger partial charge in [0.05, 0.1) is 17.7 Å². The van der Waals surface area contributed by atoms with Crippen LogP contribution < -0.4 is 10.2 Å². The second kappa shape index (κ2) is 5.92. The number of hydrogen-bond donors (Lipinski definition) is 1. The first-order valence-corrected chi connectivity index (χ1v) is 6.74. The summed E-state index contributed by atoms with van der Waals surface area (Å²) in [7, 11) is 1.69. The molecule has 19 heavy (non-hydrogen) atoms. The summed E-state index contributed by atoms with van der Waals surface area (Å²) in [6.45, 7) is 2.76. The quantitative estimate of drug-likeness (QED) is 0.916. The third kappa shape index (κ3) is 3.17. The highest BCUT2D eigenvalue weighted by Crippen LogP contribution is 2.22. The first kappa shape index (κ1) is 13.7. The first-order chi connectivity index (χ1) is 9.11. The maximum Gasteiger partial charge on any atom is 0.168 e. The molecule has 1 N–H and O–H groups in total. The van der Waals surface area contributed by atoms with E-state index in [0.717, 1.165) is 11.8 Å². The fourth-order valence-electron chi connectivity index (χ4n) is 1.65. The largest absolute Gasteiger partial charge is 0.368 e. The topological polar surface area (TPSA) is 41.1 Å². The summed E-state index contributed by atoms with van der Waals surface area (Å²) >= 11 is 1.47. The molecule has 2 heterocycles. The van der Waals surface area contributed by atoms with Gasteiger partial charge in [0, 0.05) is 25.0 Å². The minimum absolute atomic E-state index is 0.0593. The average molecular weight is 284 g/mol. The van der Waals surface area contributed by atoms with Gasteiger partial charge >= 0.3 is 0 Å². The zero-order valence-corrected chi connectivity index (χ0v) is 11.5. The first-order valence-electron chi connectivity index (χ1n) is 5.80. The average Bonchev–Trinajstić information content (AvgIpc) is 2.85. The maximum absolute atomic E-state index is 13.8. The van der Waals surface area contributed by atoms with E-state index in [9.17, 15) is 8.78 Å². The van der Waals surface area contributed by atoms with Crippen LogP contribution in [0.25, 0.3) is 0 Å². The molecular weight excluding hydrogens is 270 g/mol. The highest BCUT2D eigenvalue weighted by Gasteiger charge is 2.15. The van der Waals surface area contributed by atoms with Crippen LogP contribution in [0.1, 0.15) is 12.6 Å². The summed E-state index contributed by atoms with van der Waals surface area (Å²) in [5.41, 5.74) is 2.53. The number of pyridine rings is 1. The molecule has 0 atom stereocenters. The lowest BCUT2D eigenvalue weighted by atomic mass is 10.3. The predicted octanol–water partition coefficient (Wildman–Crippen LogP) is 2.88.